The van der Waals surface area contributed by atoms with Gasteiger partial charge in [0.05, 0.1) is 26.8 Å². The molecule has 0 aliphatic rings. The van der Waals surface area contributed by atoms with Crippen molar-refractivity contribution >= 4 is 52.0 Å². The quantitative estimate of drug-likeness (QED) is 0.604. The van der Waals surface area contributed by atoms with Crippen molar-refractivity contribution in [2.24, 2.45) is 5.73 Å². The van der Waals surface area contributed by atoms with E-state index in [0.717, 1.165) is 0 Å². The number of rotatable bonds is 5. The summed E-state index contributed by atoms with van der Waals surface area (Å²) in [6.07, 6.45) is 0. The van der Waals surface area contributed by atoms with Crippen LogP contribution in [0.2, 0.25) is 5.02 Å². The molecule has 3 rings (SSSR count). The molecular formula is C19H14ClN3O3S. The number of anilines is 2. The molecule has 0 spiro atoms. The van der Waals surface area contributed by atoms with Crippen molar-refractivity contribution in [2.45, 2.75) is 0 Å². The molecule has 0 unspecified atom stereocenters. The fraction of sp³-hybridized carbons (Fsp3) is 0. The highest BCUT2D eigenvalue weighted by molar-refractivity contribution is 7.12. The van der Waals surface area contributed by atoms with Crippen molar-refractivity contribution in [2.75, 3.05) is 10.6 Å². The van der Waals surface area contributed by atoms with Crippen LogP contribution in [0.4, 0.5) is 11.4 Å². The summed E-state index contributed by atoms with van der Waals surface area (Å²) in [4.78, 5) is 36.8. The molecule has 27 heavy (non-hydrogen) atoms. The molecule has 4 N–H and O–H groups in total. The highest BCUT2D eigenvalue weighted by Gasteiger charge is 2.15. The first-order valence-electron chi connectivity index (χ1n) is 7.80. The summed E-state index contributed by atoms with van der Waals surface area (Å²) in [5.41, 5.74) is 6.40. The van der Waals surface area contributed by atoms with Crippen LogP contribution in [0.15, 0.2) is 60.0 Å². The molecule has 6 nitrogen and oxygen atoms in total. The lowest BCUT2D eigenvalue weighted by molar-refractivity contribution is 0.0998. The molecule has 2 aromatic carbocycles. The van der Waals surface area contributed by atoms with E-state index in [1.165, 1.54) is 35.6 Å². The lowest BCUT2D eigenvalue weighted by atomic mass is 10.1. The number of primary amides is 1. The van der Waals surface area contributed by atoms with Gasteiger partial charge in [-0.1, -0.05) is 29.8 Å². The first-order valence-corrected chi connectivity index (χ1v) is 9.06. The molecule has 3 aromatic rings. The van der Waals surface area contributed by atoms with Crippen molar-refractivity contribution in [1.82, 2.24) is 0 Å². The van der Waals surface area contributed by atoms with Gasteiger partial charge >= 0.3 is 0 Å². The molecular weight excluding hydrogens is 386 g/mol. The van der Waals surface area contributed by atoms with Gasteiger partial charge in [0.2, 0.25) is 0 Å². The fourth-order valence-corrected chi connectivity index (χ4v) is 3.14. The summed E-state index contributed by atoms with van der Waals surface area (Å²) in [7, 11) is 0. The van der Waals surface area contributed by atoms with Crippen LogP contribution in [-0.2, 0) is 0 Å². The van der Waals surface area contributed by atoms with Gasteiger partial charge in [0.25, 0.3) is 17.7 Å². The van der Waals surface area contributed by atoms with Gasteiger partial charge in [-0.2, -0.15) is 0 Å². The summed E-state index contributed by atoms with van der Waals surface area (Å²) in [6, 6.07) is 14.4. The maximum Gasteiger partial charge on any atom is 0.265 e. The highest BCUT2D eigenvalue weighted by atomic mass is 35.5. The molecule has 0 saturated heterocycles. The zero-order chi connectivity index (χ0) is 19.4. The lowest BCUT2D eigenvalue weighted by Gasteiger charge is -2.11. The summed E-state index contributed by atoms with van der Waals surface area (Å²) < 4.78 is 0. The topological polar surface area (TPSA) is 101 Å². The van der Waals surface area contributed by atoms with Crippen LogP contribution in [0.3, 0.4) is 0 Å². The number of benzene rings is 2. The minimum Gasteiger partial charge on any atom is -0.366 e. The summed E-state index contributed by atoms with van der Waals surface area (Å²) in [6.45, 7) is 0. The third kappa shape index (κ3) is 4.33. The van der Waals surface area contributed by atoms with Gasteiger partial charge in [-0.25, -0.2) is 0 Å². The van der Waals surface area contributed by atoms with Crippen LogP contribution in [0, 0.1) is 0 Å². The zero-order valence-corrected chi connectivity index (χ0v) is 15.4. The van der Waals surface area contributed by atoms with Crippen LogP contribution in [0.25, 0.3) is 0 Å². The molecule has 0 fully saturated rings. The van der Waals surface area contributed by atoms with E-state index in [9.17, 15) is 14.4 Å². The van der Waals surface area contributed by atoms with Gasteiger partial charge in [0.1, 0.15) is 0 Å². The SMILES string of the molecule is NC(=O)c1ccccc1NC(=O)c1ccc(Cl)c(NC(=O)c2cccs2)c1. The Morgan fingerprint density at radius 1 is 0.889 bits per heavy atom. The molecule has 136 valence electrons. The third-order valence-electron chi connectivity index (χ3n) is 3.66. The predicted molar refractivity (Wildman–Crippen MR) is 107 cm³/mol. The van der Waals surface area contributed by atoms with Gasteiger partial charge in [-0.05, 0) is 41.8 Å². The average molecular weight is 400 g/mol. The maximum absolute atomic E-state index is 12.5. The second-order valence-electron chi connectivity index (χ2n) is 5.49. The number of hydrogen-bond donors (Lipinski definition) is 3. The van der Waals surface area contributed by atoms with E-state index in [4.69, 9.17) is 17.3 Å². The van der Waals surface area contributed by atoms with Gasteiger partial charge in [-0.3, -0.25) is 14.4 Å². The molecule has 0 bridgehead atoms. The van der Waals surface area contributed by atoms with Crippen molar-refractivity contribution in [1.29, 1.82) is 0 Å². The first kappa shape index (κ1) is 18.6. The number of carbonyl (C=O) groups excluding carboxylic acids is 3. The van der Waals surface area contributed by atoms with Crippen LogP contribution in [0.1, 0.15) is 30.4 Å². The zero-order valence-electron chi connectivity index (χ0n) is 13.9. The Hall–Kier alpha value is -3.16. The molecule has 1 heterocycles. The largest absolute Gasteiger partial charge is 0.366 e. The Labute approximate surface area is 164 Å². The summed E-state index contributed by atoms with van der Waals surface area (Å²) in [5, 5.41) is 7.42. The molecule has 8 heteroatoms. The molecule has 0 saturated carbocycles. The fourth-order valence-electron chi connectivity index (χ4n) is 2.36. The van der Waals surface area contributed by atoms with Crippen LogP contribution >= 0.6 is 22.9 Å². The average Bonchev–Trinajstić information content (AvgIpc) is 3.18. The number of nitrogens with two attached hydrogens (primary N) is 1. The van der Waals surface area contributed by atoms with Gasteiger partial charge < -0.3 is 16.4 Å². The smallest absolute Gasteiger partial charge is 0.265 e. The van der Waals surface area contributed by atoms with E-state index < -0.39 is 11.8 Å². The van der Waals surface area contributed by atoms with Crippen molar-refractivity contribution in [3.05, 3.63) is 81.0 Å². The van der Waals surface area contributed by atoms with Gasteiger partial charge in [0.15, 0.2) is 0 Å². The number of hydrogen-bond acceptors (Lipinski definition) is 4. The maximum atomic E-state index is 12.5. The Morgan fingerprint density at radius 2 is 1.63 bits per heavy atom. The monoisotopic (exact) mass is 399 g/mol. The van der Waals surface area contributed by atoms with E-state index in [0.29, 0.717) is 21.3 Å². The first-order chi connectivity index (χ1) is 13.0. The molecule has 3 amide bonds. The number of carbonyl (C=O) groups is 3. The number of halogens is 1. The normalized spacial score (nSPS) is 10.3. The number of para-hydroxylation sites is 1. The summed E-state index contributed by atoms with van der Waals surface area (Å²) >= 11 is 7.42. The minimum absolute atomic E-state index is 0.200. The number of nitrogens with one attached hydrogen (secondary N) is 2. The highest BCUT2D eigenvalue weighted by Crippen LogP contribution is 2.25. The van der Waals surface area contributed by atoms with E-state index in [1.807, 2.05) is 0 Å². The van der Waals surface area contributed by atoms with Crippen molar-refractivity contribution in [3.8, 4) is 0 Å². The van der Waals surface area contributed by atoms with Gasteiger partial charge in [0, 0.05) is 5.56 Å². The number of amides is 3. The number of thiophene rings is 1. The standard InChI is InChI=1S/C19H14ClN3O3S/c20-13-8-7-11(10-15(13)23-19(26)16-6-3-9-27-16)18(25)22-14-5-2-1-4-12(14)17(21)24/h1-10H,(H2,21,24)(H,22,25)(H,23,26). The Bertz CT molecular complexity index is 1020. The van der Waals surface area contributed by atoms with Gasteiger partial charge in [-0.15, -0.1) is 11.3 Å². The Balaban J connectivity index is 1.82. The van der Waals surface area contributed by atoms with Crippen LogP contribution < -0.4 is 16.4 Å². The second kappa shape index (κ2) is 8.03. The molecule has 1 aromatic heterocycles. The molecule has 0 radical (unpaired) electrons. The third-order valence-corrected chi connectivity index (χ3v) is 4.86. The Kier molecular flexibility index (Phi) is 5.54. The van der Waals surface area contributed by atoms with Crippen LogP contribution in [-0.4, -0.2) is 17.7 Å². The minimum atomic E-state index is -0.647. The van der Waals surface area contributed by atoms with Crippen LogP contribution in [0.5, 0.6) is 0 Å². The molecule has 0 atom stereocenters. The van der Waals surface area contributed by atoms with E-state index >= 15 is 0 Å². The predicted octanol–water partition coefficient (Wildman–Crippen LogP) is 4.01. The van der Waals surface area contributed by atoms with Crippen molar-refractivity contribution in [3.63, 3.8) is 0 Å². The molecule has 0 aliphatic heterocycles. The van der Waals surface area contributed by atoms with E-state index in [1.54, 1.807) is 35.7 Å². The van der Waals surface area contributed by atoms with E-state index in [-0.39, 0.29) is 17.0 Å². The van der Waals surface area contributed by atoms with E-state index in [2.05, 4.69) is 10.6 Å². The Morgan fingerprint density at radius 3 is 2.33 bits per heavy atom. The lowest BCUT2D eigenvalue weighted by Crippen LogP contribution is -2.18. The van der Waals surface area contributed by atoms with Crippen molar-refractivity contribution < 1.29 is 14.4 Å². The second-order valence-corrected chi connectivity index (χ2v) is 6.84. The molecule has 0 aliphatic carbocycles. The summed E-state index contributed by atoms with van der Waals surface area (Å²) in [5.74, 6) is -1.43.